The molecule has 1 N–H and O–H groups in total. The zero-order chi connectivity index (χ0) is 15.4. The first-order valence-corrected chi connectivity index (χ1v) is 5.58. The molecule has 9 nitrogen and oxygen atoms in total. The van der Waals surface area contributed by atoms with Crippen molar-refractivity contribution in [1.29, 1.82) is 0 Å². The van der Waals surface area contributed by atoms with Gasteiger partial charge in [0.25, 0.3) is 0 Å². The monoisotopic (exact) mass is 291 g/mol. The molecule has 2 aromatic rings. The van der Waals surface area contributed by atoms with Crippen LogP contribution in [0.4, 0.5) is 5.69 Å². The Bertz CT molecular complexity index is 722. The van der Waals surface area contributed by atoms with Gasteiger partial charge in [-0.3, -0.25) is 10.1 Å². The van der Waals surface area contributed by atoms with Gasteiger partial charge in [-0.2, -0.15) is 0 Å². The molecule has 0 atom stereocenters. The van der Waals surface area contributed by atoms with Gasteiger partial charge in [0.05, 0.1) is 12.0 Å². The number of benzene rings is 1. The Morgan fingerprint density at radius 1 is 1.48 bits per heavy atom. The topological polar surface area (TPSA) is 129 Å². The third-order valence-electron chi connectivity index (χ3n) is 2.43. The summed E-state index contributed by atoms with van der Waals surface area (Å²) in [6.45, 7) is 0. The van der Waals surface area contributed by atoms with Crippen LogP contribution in [0.2, 0.25) is 0 Å². The molecule has 21 heavy (non-hydrogen) atoms. The van der Waals surface area contributed by atoms with E-state index < -0.39 is 10.9 Å². The summed E-state index contributed by atoms with van der Waals surface area (Å²) in [6.07, 6.45) is 2.00. The van der Waals surface area contributed by atoms with Gasteiger partial charge in [0.1, 0.15) is 0 Å². The highest BCUT2D eigenvalue weighted by Crippen LogP contribution is 2.31. The fourth-order valence-corrected chi connectivity index (χ4v) is 1.52. The number of hydrogen-bond acceptors (Lipinski definition) is 7. The largest absolute Gasteiger partial charge is 0.490 e. The van der Waals surface area contributed by atoms with E-state index in [1.807, 2.05) is 0 Å². The number of hydrogen-bond donors (Lipinski definition) is 1. The van der Waals surface area contributed by atoms with E-state index in [0.717, 1.165) is 12.2 Å². The van der Waals surface area contributed by atoms with Crippen molar-refractivity contribution >= 4 is 17.7 Å². The SMILES string of the molecule is COc1cc(-c2nnc(/C=C/C(=O)O)o2)ccc1[N+](=O)[O-]. The summed E-state index contributed by atoms with van der Waals surface area (Å²) in [5.41, 5.74) is 0.228. The Kier molecular flexibility index (Phi) is 3.93. The lowest BCUT2D eigenvalue weighted by Crippen LogP contribution is -1.94. The molecule has 0 spiro atoms. The summed E-state index contributed by atoms with van der Waals surface area (Å²) >= 11 is 0. The van der Waals surface area contributed by atoms with Gasteiger partial charge >= 0.3 is 11.7 Å². The van der Waals surface area contributed by atoms with E-state index in [1.54, 1.807) is 0 Å². The predicted molar refractivity (Wildman–Crippen MR) is 69.6 cm³/mol. The van der Waals surface area contributed by atoms with Crippen LogP contribution in [0.15, 0.2) is 28.7 Å². The maximum absolute atomic E-state index is 10.8. The zero-order valence-electron chi connectivity index (χ0n) is 10.7. The van der Waals surface area contributed by atoms with Crippen LogP contribution in [0, 0.1) is 10.1 Å². The van der Waals surface area contributed by atoms with Crippen LogP contribution in [0.25, 0.3) is 17.5 Å². The number of nitrogens with zero attached hydrogens (tertiary/aromatic N) is 3. The van der Waals surface area contributed by atoms with Gasteiger partial charge in [-0.05, 0) is 6.07 Å². The average Bonchev–Trinajstić information content (AvgIpc) is 2.93. The molecule has 0 radical (unpaired) electrons. The molecule has 0 amide bonds. The van der Waals surface area contributed by atoms with Crippen molar-refractivity contribution in [1.82, 2.24) is 10.2 Å². The minimum atomic E-state index is -1.15. The molecule has 1 aromatic carbocycles. The number of carboxylic acid groups (broad SMARTS) is 1. The maximum atomic E-state index is 10.8. The normalized spacial score (nSPS) is 10.7. The molecule has 1 aromatic heterocycles. The first kappa shape index (κ1) is 14.2. The van der Waals surface area contributed by atoms with Gasteiger partial charge in [-0.1, -0.05) is 0 Å². The molecule has 108 valence electrons. The Balaban J connectivity index is 2.34. The Morgan fingerprint density at radius 3 is 2.86 bits per heavy atom. The van der Waals surface area contributed by atoms with Crippen molar-refractivity contribution in [3.8, 4) is 17.2 Å². The summed E-state index contributed by atoms with van der Waals surface area (Å²) in [5.74, 6) is -0.997. The summed E-state index contributed by atoms with van der Waals surface area (Å²) in [7, 11) is 1.31. The van der Waals surface area contributed by atoms with Crippen LogP contribution in [-0.4, -0.2) is 33.3 Å². The molecule has 0 saturated carbocycles. The van der Waals surface area contributed by atoms with E-state index >= 15 is 0 Å². The second-order valence-corrected chi connectivity index (χ2v) is 3.76. The number of methoxy groups -OCH3 is 1. The van der Waals surface area contributed by atoms with Crippen molar-refractivity contribution in [2.24, 2.45) is 0 Å². The molecule has 0 fully saturated rings. The van der Waals surface area contributed by atoms with Gasteiger partial charge in [0.2, 0.25) is 11.8 Å². The minimum absolute atomic E-state index is 0.00437. The highest BCUT2D eigenvalue weighted by atomic mass is 16.6. The first-order valence-electron chi connectivity index (χ1n) is 5.58. The van der Waals surface area contributed by atoms with Crippen LogP contribution >= 0.6 is 0 Å². The molecule has 2 rings (SSSR count). The van der Waals surface area contributed by atoms with Crippen LogP contribution in [-0.2, 0) is 4.79 Å². The maximum Gasteiger partial charge on any atom is 0.328 e. The predicted octanol–water partition coefficient (Wildman–Crippen LogP) is 1.75. The van der Waals surface area contributed by atoms with Crippen LogP contribution in [0.3, 0.4) is 0 Å². The van der Waals surface area contributed by atoms with Crippen molar-refractivity contribution in [3.05, 3.63) is 40.3 Å². The molecular formula is C12H9N3O6. The number of carbonyl (C=O) groups is 1. The van der Waals surface area contributed by atoms with E-state index in [1.165, 1.54) is 25.3 Å². The first-order chi connectivity index (χ1) is 10.0. The number of ether oxygens (including phenoxy) is 1. The Labute approximate surface area is 117 Å². The summed E-state index contributed by atoms with van der Waals surface area (Å²) in [5, 5.41) is 26.6. The third-order valence-corrected chi connectivity index (χ3v) is 2.43. The third kappa shape index (κ3) is 3.21. The molecule has 0 aliphatic heterocycles. The zero-order valence-corrected chi connectivity index (χ0v) is 10.7. The molecular weight excluding hydrogens is 282 g/mol. The van der Waals surface area contributed by atoms with Crippen molar-refractivity contribution in [3.63, 3.8) is 0 Å². The standard InChI is InChI=1S/C12H9N3O6/c1-20-9-6-7(2-3-8(9)15(18)19)12-14-13-10(21-12)4-5-11(16)17/h2-6H,1H3,(H,16,17)/b5-4+. The van der Waals surface area contributed by atoms with E-state index in [9.17, 15) is 14.9 Å². The summed E-state index contributed by atoms with van der Waals surface area (Å²) in [4.78, 5) is 20.6. The van der Waals surface area contributed by atoms with E-state index in [-0.39, 0.29) is 23.2 Å². The molecule has 0 aliphatic rings. The van der Waals surface area contributed by atoms with Gasteiger partial charge in [0.15, 0.2) is 5.75 Å². The molecule has 0 unspecified atom stereocenters. The highest BCUT2D eigenvalue weighted by Gasteiger charge is 2.17. The van der Waals surface area contributed by atoms with Gasteiger partial charge < -0.3 is 14.3 Å². The molecule has 0 aliphatic carbocycles. The Hall–Kier alpha value is -3.23. The van der Waals surface area contributed by atoms with Gasteiger partial charge in [-0.15, -0.1) is 10.2 Å². The fourth-order valence-electron chi connectivity index (χ4n) is 1.52. The minimum Gasteiger partial charge on any atom is -0.490 e. The van der Waals surface area contributed by atoms with E-state index in [0.29, 0.717) is 5.56 Å². The van der Waals surface area contributed by atoms with Crippen molar-refractivity contribution in [2.45, 2.75) is 0 Å². The van der Waals surface area contributed by atoms with Crippen molar-refractivity contribution in [2.75, 3.05) is 7.11 Å². The van der Waals surface area contributed by atoms with E-state index in [2.05, 4.69) is 10.2 Å². The van der Waals surface area contributed by atoms with E-state index in [4.69, 9.17) is 14.3 Å². The Morgan fingerprint density at radius 2 is 2.24 bits per heavy atom. The summed E-state index contributed by atoms with van der Waals surface area (Å²) in [6, 6.07) is 4.07. The number of nitro benzene ring substituents is 1. The van der Waals surface area contributed by atoms with Gasteiger partial charge in [0, 0.05) is 29.8 Å². The quantitative estimate of drug-likeness (QED) is 0.501. The van der Waals surface area contributed by atoms with Crippen LogP contribution in [0.1, 0.15) is 5.89 Å². The average molecular weight is 291 g/mol. The lowest BCUT2D eigenvalue weighted by Gasteiger charge is -2.02. The number of nitro groups is 1. The smallest absolute Gasteiger partial charge is 0.328 e. The fraction of sp³-hybridized carbons (Fsp3) is 0.0833. The second-order valence-electron chi connectivity index (χ2n) is 3.76. The highest BCUT2D eigenvalue weighted by molar-refractivity contribution is 5.84. The number of aliphatic carboxylic acids is 1. The number of rotatable bonds is 5. The molecule has 0 saturated heterocycles. The lowest BCUT2D eigenvalue weighted by atomic mass is 10.2. The second kappa shape index (κ2) is 5.82. The molecule has 0 bridgehead atoms. The molecule has 1 heterocycles. The summed E-state index contributed by atoms with van der Waals surface area (Å²) < 4.78 is 10.2. The van der Waals surface area contributed by atoms with Crippen LogP contribution in [0.5, 0.6) is 5.75 Å². The van der Waals surface area contributed by atoms with Crippen LogP contribution < -0.4 is 4.74 Å². The van der Waals surface area contributed by atoms with Crippen molar-refractivity contribution < 1.29 is 24.0 Å². The number of aromatic nitrogens is 2. The lowest BCUT2D eigenvalue weighted by molar-refractivity contribution is -0.385. The number of carboxylic acids is 1. The molecule has 9 heteroatoms. The van der Waals surface area contributed by atoms with Gasteiger partial charge in [-0.25, -0.2) is 4.79 Å².